The molecule has 0 atom stereocenters. The molecule has 0 aliphatic heterocycles. The maximum Gasteiger partial charge on any atom is 0.257 e. The van der Waals surface area contributed by atoms with Crippen molar-refractivity contribution in [1.82, 2.24) is 4.57 Å². The maximum absolute atomic E-state index is 13.2. The van der Waals surface area contributed by atoms with Gasteiger partial charge in [-0.3, -0.25) is 9.59 Å². The fraction of sp³-hybridized carbons (Fsp3) is 0.0526. The quantitative estimate of drug-likeness (QED) is 0.748. The summed E-state index contributed by atoms with van der Waals surface area (Å²) in [4.78, 5) is 24.4. The third-order valence-corrected chi connectivity index (χ3v) is 3.98. The number of hydrogen-bond acceptors (Lipinski definition) is 2. The Bertz CT molecular complexity index is 1020. The lowest BCUT2D eigenvalue weighted by atomic mass is 10.2. The smallest absolute Gasteiger partial charge is 0.257 e. The number of nitrogens with zero attached hydrogens (tertiary/aromatic N) is 1. The third-order valence-electron chi connectivity index (χ3n) is 3.69. The van der Waals surface area contributed by atoms with Crippen molar-refractivity contribution in [3.8, 4) is 0 Å². The van der Waals surface area contributed by atoms with Gasteiger partial charge in [0.15, 0.2) is 0 Å². The van der Waals surface area contributed by atoms with E-state index in [0.717, 1.165) is 11.6 Å². The van der Waals surface area contributed by atoms with E-state index < -0.39 is 11.7 Å². The minimum absolute atomic E-state index is 0.107. The third kappa shape index (κ3) is 4.15. The molecule has 0 saturated carbocycles. The van der Waals surface area contributed by atoms with E-state index in [9.17, 15) is 18.4 Å². The van der Waals surface area contributed by atoms with Crippen LogP contribution < -0.4 is 10.9 Å². The molecule has 0 saturated heterocycles. The summed E-state index contributed by atoms with van der Waals surface area (Å²) in [7, 11) is 0. The molecule has 0 spiro atoms. The molecule has 0 aliphatic carbocycles. The number of aromatic nitrogens is 1. The summed E-state index contributed by atoms with van der Waals surface area (Å²) in [5.41, 5.74) is 0.997. The number of hydrogen-bond donors (Lipinski definition) is 1. The van der Waals surface area contributed by atoms with Gasteiger partial charge in [-0.25, -0.2) is 8.78 Å². The van der Waals surface area contributed by atoms with Crippen molar-refractivity contribution in [2.75, 3.05) is 5.32 Å². The fourth-order valence-corrected chi connectivity index (χ4v) is 2.53. The summed E-state index contributed by atoms with van der Waals surface area (Å²) in [5.74, 6) is -1.43. The minimum Gasteiger partial charge on any atom is -0.322 e. The topological polar surface area (TPSA) is 51.1 Å². The van der Waals surface area contributed by atoms with Gasteiger partial charge >= 0.3 is 0 Å². The van der Waals surface area contributed by atoms with Crippen molar-refractivity contribution < 1.29 is 13.6 Å². The second-order valence-electron chi connectivity index (χ2n) is 5.59. The van der Waals surface area contributed by atoms with Gasteiger partial charge < -0.3 is 9.88 Å². The van der Waals surface area contributed by atoms with Crippen molar-refractivity contribution >= 4 is 23.2 Å². The summed E-state index contributed by atoms with van der Waals surface area (Å²) in [5, 5.41) is 2.48. The van der Waals surface area contributed by atoms with Crippen molar-refractivity contribution in [1.29, 1.82) is 0 Å². The monoisotopic (exact) mass is 374 g/mol. The zero-order valence-corrected chi connectivity index (χ0v) is 14.1. The molecule has 0 fully saturated rings. The highest BCUT2D eigenvalue weighted by atomic mass is 35.5. The van der Waals surface area contributed by atoms with Gasteiger partial charge in [0.05, 0.1) is 17.1 Å². The van der Waals surface area contributed by atoms with Gasteiger partial charge in [0.25, 0.3) is 11.5 Å². The Morgan fingerprint density at radius 2 is 1.77 bits per heavy atom. The zero-order valence-electron chi connectivity index (χ0n) is 13.4. The largest absolute Gasteiger partial charge is 0.322 e. The Morgan fingerprint density at radius 1 is 1.04 bits per heavy atom. The summed E-state index contributed by atoms with van der Waals surface area (Å²) in [6.45, 7) is 0.197. The number of anilines is 1. The Hall–Kier alpha value is -2.99. The lowest BCUT2D eigenvalue weighted by Crippen LogP contribution is -2.22. The maximum atomic E-state index is 13.2. The van der Waals surface area contributed by atoms with Crippen LogP contribution in [0.3, 0.4) is 0 Å². The molecule has 0 aliphatic rings. The van der Waals surface area contributed by atoms with Crippen LogP contribution in [0.5, 0.6) is 0 Å². The van der Waals surface area contributed by atoms with Crippen LogP contribution in [0.2, 0.25) is 5.02 Å². The second-order valence-corrected chi connectivity index (χ2v) is 6.00. The highest BCUT2D eigenvalue weighted by Crippen LogP contribution is 2.19. The molecular weight excluding hydrogens is 362 g/mol. The van der Waals surface area contributed by atoms with Gasteiger partial charge in [0.2, 0.25) is 0 Å². The van der Waals surface area contributed by atoms with E-state index in [1.807, 2.05) is 0 Å². The number of carbonyl (C=O) groups is 1. The van der Waals surface area contributed by atoms with Crippen molar-refractivity contribution in [3.05, 3.63) is 98.9 Å². The molecule has 7 heteroatoms. The SMILES string of the molecule is O=C(Nc1ccc(F)c(Cl)c1)c1ccc(=O)n(Cc2ccc(F)cc2)c1. The number of nitrogens with one attached hydrogen (secondary N) is 1. The Labute approximate surface area is 152 Å². The average molecular weight is 375 g/mol. The van der Waals surface area contributed by atoms with E-state index in [-0.39, 0.29) is 28.5 Å². The first-order chi connectivity index (χ1) is 12.4. The number of amides is 1. The molecule has 3 rings (SSSR count). The molecule has 0 bridgehead atoms. The van der Waals surface area contributed by atoms with Gasteiger partial charge in [0.1, 0.15) is 11.6 Å². The predicted octanol–water partition coefficient (Wildman–Crippen LogP) is 4.08. The molecule has 0 radical (unpaired) electrons. The highest BCUT2D eigenvalue weighted by Gasteiger charge is 2.10. The first kappa shape index (κ1) is 17.8. The number of benzene rings is 2. The highest BCUT2D eigenvalue weighted by molar-refractivity contribution is 6.31. The van der Waals surface area contributed by atoms with Crippen LogP contribution in [0, 0.1) is 11.6 Å². The summed E-state index contributed by atoms with van der Waals surface area (Å²) >= 11 is 5.69. The number of rotatable bonds is 4. The molecule has 1 aromatic heterocycles. The first-order valence-electron chi connectivity index (χ1n) is 7.64. The molecule has 132 valence electrons. The lowest BCUT2D eigenvalue weighted by Gasteiger charge is -2.10. The number of halogens is 3. The van der Waals surface area contributed by atoms with Crippen molar-refractivity contribution in [2.45, 2.75) is 6.54 Å². The van der Waals surface area contributed by atoms with Gasteiger partial charge in [-0.05, 0) is 42.0 Å². The molecule has 1 N–H and O–H groups in total. The lowest BCUT2D eigenvalue weighted by molar-refractivity contribution is 0.102. The molecule has 1 amide bonds. The standard InChI is InChI=1S/C19H13ClF2N2O2/c20-16-9-15(6-7-17(16)22)23-19(26)13-3-8-18(25)24(11-13)10-12-1-4-14(21)5-2-12/h1-9,11H,10H2,(H,23,26). The molecule has 3 aromatic rings. The van der Waals surface area contributed by atoms with Gasteiger partial charge in [-0.15, -0.1) is 0 Å². The van der Waals surface area contributed by atoms with Crippen molar-refractivity contribution in [3.63, 3.8) is 0 Å². The van der Waals surface area contributed by atoms with E-state index in [2.05, 4.69) is 5.32 Å². The first-order valence-corrected chi connectivity index (χ1v) is 8.01. The van der Waals surface area contributed by atoms with E-state index >= 15 is 0 Å². The van der Waals surface area contributed by atoms with E-state index in [4.69, 9.17) is 11.6 Å². The predicted molar refractivity (Wildman–Crippen MR) is 95.6 cm³/mol. The van der Waals surface area contributed by atoms with Crippen LogP contribution in [0.1, 0.15) is 15.9 Å². The van der Waals surface area contributed by atoms with Crippen LogP contribution in [0.4, 0.5) is 14.5 Å². The normalized spacial score (nSPS) is 10.6. The fourth-order valence-electron chi connectivity index (χ4n) is 2.35. The number of carbonyl (C=O) groups excluding carboxylic acids is 1. The van der Waals surface area contributed by atoms with E-state index in [1.165, 1.54) is 47.2 Å². The zero-order chi connectivity index (χ0) is 18.7. The van der Waals surface area contributed by atoms with Crippen LogP contribution >= 0.6 is 11.6 Å². The summed E-state index contributed by atoms with van der Waals surface area (Å²) in [6, 6.07) is 12.2. The Morgan fingerprint density at radius 3 is 2.46 bits per heavy atom. The molecule has 1 heterocycles. The Kier molecular flexibility index (Phi) is 5.14. The van der Waals surface area contributed by atoms with Crippen LogP contribution in [0.25, 0.3) is 0 Å². The summed E-state index contributed by atoms with van der Waals surface area (Å²) < 4.78 is 27.5. The Balaban J connectivity index is 1.81. The van der Waals surface area contributed by atoms with Gasteiger partial charge in [0, 0.05) is 18.0 Å². The van der Waals surface area contributed by atoms with Gasteiger partial charge in [-0.1, -0.05) is 23.7 Å². The molecule has 2 aromatic carbocycles. The van der Waals surface area contributed by atoms with Crippen LogP contribution in [-0.2, 0) is 6.54 Å². The average Bonchev–Trinajstić information content (AvgIpc) is 2.62. The van der Waals surface area contributed by atoms with Crippen LogP contribution in [-0.4, -0.2) is 10.5 Å². The molecule has 4 nitrogen and oxygen atoms in total. The van der Waals surface area contributed by atoms with Gasteiger partial charge in [-0.2, -0.15) is 0 Å². The molecule has 0 unspecified atom stereocenters. The molecular formula is C19H13ClF2N2O2. The summed E-state index contributed by atoms with van der Waals surface area (Å²) in [6.07, 6.45) is 1.41. The van der Waals surface area contributed by atoms with E-state index in [1.54, 1.807) is 12.1 Å². The minimum atomic E-state index is -0.586. The van der Waals surface area contributed by atoms with Crippen LogP contribution in [0.15, 0.2) is 65.6 Å². The van der Waals surface area contributed by atoms with Crippen molar-refractivity contribution in [2.24, 2.45) is 0 Å². The number of pyridine rings is 1. The molecule has 26 heavy (non-hydrogen) atoms. The second kappa shape index (κ2) is 7.49. The van der Waals surface area contributed by atoms with E-state index in [0.29, 0.717) is 5.69 Å².